The topological polar surface area (TPSA) is 68.5 Å². The summed E-state index contributed by atoms with van der Waals surface area (Å²) in [6, 6.07) is 7.96. The van der Waals surface area contributed by atoms with E-state index in [4.69, 9.17) is 9.82 Å². The summed E-state index contributed by atoms with van der Waals surface area (Å²) >= 11 is 0. The van der Waals surface area contributed by atoms with Crippen molar-refractivity contribution < 1.29 is 9.63 Å². The maximum atomic E-state index is 11.7. The Kier molecular flexibility index (Phi) is 4.25. The van der Waals surface area contributed by atoms with Gasteiger partial charge >= 0.3 is 0 Å². The highest BCUT2D eigenvalue weighted by Gasteiger charge is 2.14. The molecular formula is C17H20N4O2. The second kappa shape index (κ2) is 6.34. The number of hydrogen-bond donors (Lipinski definition) is 1. The van der Waals surface area contributed by atoms with E-state index < -0.39 is 0 Å². The molecule has 0 spiro atoms. The molecule has 3 aromatic rings. The fourth-order valence-corrected chi connectivity index (χ4v) is 2.78. The van der Waals surface area contributed by atoms with Gasteiger partial charge in [-0.1, -0.05) is 12.1 Å². The quantitative estimate of drug-likeness (QED) is 0.735. The summed E-state index contributed by atoms with van der Waals surface area (Å²) in [5, 5.41) is 5.66. The number of benzene rings is 1. The van der Waals surface area contributed by atoms with Gasteiger partial charge in [0.1, 0.15) is 0 Å². The molecule has 3 rings (SSSR count). The van der Waals surface area contributed by atoms with Crippen molar-refractivity contribution in [2.24, 2.45) is 0 Å². The number of nitrogens with zero attached hydrogens (tertiary/aromatic N) is 3. The molecule has 0 aliphatic rings. The molecule has 120 valence electrons. The van der Waals surface area contributed by atoms with Gasteiger partial charge in [0.25, 0.3) is 0 Å². The van der Waals surface area contributed by atoms with Crippen molar-refractivity contribution in [3.05, 3.63) is 41.2 Å². The van der Waals surface area contributed by atoms with E-state index in [9.17, 15) is 4.79 Å². The molecule has 0 radical (unpaired) electrons. The summed E-state index contributed by atoms with van der Waals surface area (Å²) in [6.07, 6.45) is 0.964. The third-order valence-electron chi connectivity index (χ3n) is 3.95. The zero-order valence-electron chi connectivity index (χ0n) is 13.6. The van der Waals surface area contributed by atoms with Gasteiger partial charge in [-0.05, 0) is 44.9 Å². The number of rotatable bonds is 5. The Bertz CT molecular complexity index is 870. The lowest BCUT2D eigenvalue weighted by molar-refractivity contribution is -0.133. The second-order valence-corrected chi connectivity index (χ2v) is 5.47. The van der Waals surface area contributed by atoms with Crippen LogP contribution >= 0.6 is 0 Å². The van der Waals surface area contributed by atoms with Crippen LogP contribution in [0.25, 0.3) is 16.6 Å². The lowest BCUT2D eigenvalue weighted by Crippen LogP contribution is -2.24. The van der Waals surface area contributed by atoms with Gasteiger partial charge in [0, 0.05) is 23.2 Å². The average molecular weight is 312 g/mol. The first-order chi connectivity index (χ1) is 11.1. The Hall–Kier alpha value is -2.47. The minimum Gasteiger partial charge on any atom is -0.274 e. The molecule has 1 amide bonds. The first-order valence-electron chi connectivity index (χ1n) is 7.76. The van der Waals surface area contributed by atoms with Gasteiger partial charge in [0.15, 0.2) is 5.65 Å². The largest absolute Gasteiger partial charge is 0.274 e. The predicted molar refractivity (Wildman–Crippen MR) is 88.1 cm³/mol. The van der Waals surface area contributed by atoms with E-state index in [0.29, 0.717) is 19.4 Å². The van der Waals surface area contributed by atoms with E-state index in [1.807, 2.05) is 49.6 Å². The van der Waals surface area contributed by atoms with Gasteiger partial charge in [0.2, 0.25) is 5.91 Å². The van der Waals surface area contributed by atoms with Gasteiger partial charge < -0.3 is 0 Å². The molecular weight excluding hydrogens is 292 g/mol. The second-order valence-electron chi connectivity index (χ2n) is 5.47. The summed E-state index contributed by atoms with van der Waals surface area (Å²) in [7, 11) is 0. The van der Waals surface area contributed by atoms with Crippen molar-refractivity contribution in [1.82, 2.24) is 20.1 Å². The van der Waals surface area contributed by atoms with Crippen LogP contribution in [0.3, 0.4) is 0 Å². The highest BCUT2D eigenvalue weighted by Crippen LogP contribution is 2.22. The average Bonchev–Trinajstić information content (AvgIpc) is 2.91. The molecule has 0 fully saturated rings. The maximum absolute atomic E-state index is 11.7. The number of aryl methyl sites for hydroxylation is 2. The molecule has 0 bridgehead atoms. The number of hydroxylamine groups is 1. The van der Waals surface area contributed by atoms with Crippen LogP contribution in [0, 0.1) is 13.8 Å². The van der Waals surface area contributed by atoms with Crippen molar-refractivity contribution in [2.75, 3.05) is 6.61 Å². The summed E-state index contributed by atoms with van der Waals surface area (Å²) in [5.41, 5.74) is 7.21. The van der Waals surface area contributed by atoms with E-state index in [2.05, 4.69) is 10.6 Å². The summed E-state index contributed by atoms with van der Waals surface area (Å²) in [4.78, 5) is 21.3. The first kappa shape index (κ1) is 15.4. The Morgan fingerprint density at radius 3 is 2.87 bits per heavy atom. The van der Waals surface area contributed by atoms with Crippen molar-refractivity contribution in [1.29, 1.82) is 0 Å². The minimum atomic E-state index is -0.128. The molecule has 23 heavy (non-hydrogen) atoms. The molecule has 6 nitrogen and oxygen atoms in total. The number of nitrogens with one attached hydrogen (secondary N) is 1. The molecule has 0 aliphatic heterocycles. The fraction of sp³-hybridized carbons (Fsp3) is 0.353. The third-order valence-corrected chi connectivity index (χ3v) is 3.95. The number of carbonyl (C=O) groups is 1. The molecule has 0 saturated heterocycles. The Morgan fingerprint density at radius 1 is 1.30 bits per heavy atom. The fourth-order valence-electron chi connectivity index (χ4n) is 2.78. The highest BCUT2D eigenvalue weighted by atomic mass is 16.6. The van der Waals surface area contributed by atoms with Gasteiger partial charge in [-0.15, -0.1) is 0 Å². The van der Waals surface area contributed by atoms with E-state index in [1.165, 1.54) is 0 Å². The minimum absolute atomic E-state index is 0.128. The number of fused-ring (bicyclic) bond motifs is 3. The van der Waals surface area contributed by atoms with E-state index in [1.54, 1.807) is 0 Å². The van der Waals surface area contributed by atoms with Crippen LogP contribution in [0.2, 0.25) is 0 Å². The summed E-state index contributed by atoms with van der Waals surface area (Å²) in [6.45, 7) is 6.28. The highest BCUT2D eigenvalue weighted by molar-refractivity contribution is 5.92. The molecule has 2 heterocycles. The van der Waals surface area contributed by atoms with Crippen LogP contribution in [-0.2, 0) is 16.1 Å². The number of aromatic nitrogens is 3. The van der Waals surface area contributed by atoms with Crippen LogP contribution in [0.15, 0.2) is 24.3 Å². The number of carbonyl (C=O) groups excluding carboxylic acids is 1. The summed E-state index contributed by atoms with van der Waals surface area (Å²) in [5.74, 6) is -0.128. The lowest BCUT2D eigenvalue weighted by atomic mass is 10.1. The third kappa shape index (κ3) is 2.90. The van der Waals surface area contributed by atoms with E-state index in [-0.39, 0.29) is 5.91 Å². The molecule has 0 aliphatic carbocycles. The zero-order chi connectivity index (χ0) is 16.4. The van der Waals surface area contributed by atoms with Gasteiger partial charge in [-0.25, -0.2) is 15.0 Å². The number of amides is 1. The molecule has 1 N–H and O–H groups in total. The SMILES string of the molecule is CCONC(=O)CCc1c(C)nc2c3ccccc3nn2c1C. The van der Waals surface area contributed by atoms with Crippen molar-refractivity contribution in [3.63, 3.8) is 0 Å². The molecule has 0 saturated carbocycles. The molecule has 0 atom stereocenters. The zero-order valence-corrected chi connectivity index (χ0v) is 13.6. The van der Waals surface area contributed by atoms with Crippen LogP contribution in [0.1, 0.15) is 30.3 Å². The monoisotopic (exact) mass is 312 g/mol. The van der Waals surface area contributed by atoms with Crippen LogP contribution in [0.4, 0.5) is 0 Å². The smallest absolute Gasteiger partial charge is 0.243 e. The normalized spacial score (nSPS) is 11.3. The first-order valence-corrected chi connectivity index (χ1v) is 7.76. The van der Waals surface area contributed by atoms with Gasteiger partial charge in [0.05, 0.1) is 12.1 Å². The predicted octanol–water partition coefficient (Wildman–Crippen LogP) is 2.50. The molecule has 6 heteroatoms. The molecule has 2 aromatic heterocycles. The molecule has 1 aromatic carbocycles. The van der Waals surface area contributed by atoms with Crippen molar-refractivity contribution in [3.8, 4) is 0 Å². The number of hydrogen-bond acceptors (Lipinski definition) is 4. The van der Waals surface area contributed by atoms with Crippen LogP contribution < -0.4 is 5.48 Å². The Balaban J connectivity index is 1.95. The van der Waals surface area contributed by atoms with E-state index in [0.717, 1.165) is 33.5 Å². The van der Waals surface area contributed by atoms with Crippen molar-refractivity contribution in [2.45, 2.75) is 33.6 Å². The van der Waals surface area contributed by atoms with Gasteiger partial charge in [-0.2, -0.15) is 5.10 Å². The summed E-state index contributed by atoms with van der Waals surface area (Å²) < 4.78 is 1.87. The van der Waals surface area contributed by atoms with Gasteiger partial charge in [-0.3, -0.25) is 9.63 Å². The standard InChI is InChI=1S/C17H20N4O2/c1-4-23-20-16(22)10-9-13-11(2)18-17-14-7-5-6-8-15(14)19-21(17)12(13)3/h5-8H,4,9-10H2,1-3H3,(H,20,22). The van der Waals surface area contributed by atoms with Crippen LogP contribution in [0.5, 0.6) is 0 Å². The Morgan fingerprint density at radius 2 is 2.09 bits per heavy atom. The Labute approximate surface area is 134 Å². The van der Waals surface area contributed by atoms with E-state index >= 15 is 0 Å². The lowest BCUT2D eigenvalue weighted by Gasteiger charge is -2.11. The maximum Gasteiger partial charge on any atom is 0.243 e. The molecule has 0 unspecified atom stereocenters. The van der Waals surface area contributed by atoms with Crippen LogP contribution in [-0.4, -0.2) is 27.1 Å². The van der Waals surface area contributed by atoms with Crippen molar-refractivity contribution >= 4 is 22.5 Å².